The van der Waals surface area contributed by atoms with Gasteiger partial charge in [-0.25, -0.2) is 0 Å². The Bertz CT molecular complexity index is 399. The van der Waals surface area contributed by atoms with Crippen LogP contribution in [0, 0.1) is 6.92 Å². The summed E-state index contributed by atoms with van der Waals surface area (Å²) in [4.78, 5) is 13.7. The molecule has 0 aromatic heterocycles. The van der Waals surface area contributed by atoms with Gasteiger partial charge in [-0.3, -0.25) is 4.79 Å². The van der Waals surface area contributed by atoms with E-state index in [1.165, 1.54) is 18.4 Å². The van der Waals surface area contributed by atoms with Gasteiger partial charge in [0.1, 0.15) is 0 Å². The second-order valence-electron chi connectivity index (χ2n) is 4.77. The molecular weight excluding hydrogens is 212 g/mol. The highest BCUT2D eigenvalue weighted by Gasteiger charge is 2.20. The fourth-order valence-corrected chi connectivity index (χ4v) is 1.82. The highest BCUT2D eigenvalue weighted by atomic mass is 16.2. The van der Waals surface area contributed by atoms with Gasteiger partial charge < -0.3 is 10.2 Å². The molecule has 0 saturated heterocycles. The third-order valence-corrected chi connectivity index (χ3v) is 3.11. The lowest BCUT2D eigenvalue weighted by Crippen LogP contribution is -2.30. The van der Waals surface area contributed by atoms with Crippen molar-refractivity contribution in [2.45, 2.75) is 32.2 Å². The summed E-state index contributed by atoms with van der Waals surface area (Å²) >= 11 is 0. The van der Waals surface area contributed by atoms with Gasteiger partial charge in [0.15, 0.2) is 0 Å². The number of rotatable bonds is 5. The maximum Gasteiger partial charge on any atom is 0.227 e. The second kappa shape index (κ2) is 5.32. The van der Waals surface area contributed by atoms with Crippen molar-refractivity contribution in [1.82, 2.24) is 5.32 Å². The van der Waals surface area contributed by atoms with Gasteiger partial charge in [-0.1, -0.05) is 12.1 Å². The van der Waals surface area contributed by atoms with Crippen LogP contribution in [0.4, 0.5) is 5.69 Å². The van der Waals surface area contributed by atoms with Crippen molar-refractivity contribution < 1.29 is 4.79 Å². The topological polar surface area (TPSA) is 32.3 Å². The molecule has 3 heteroatoms. The number of amides is 1. The van der Waals surface area contributed by atoms with Crippen molar-refractivity contribution in [2.24, 2.45) is 0 Å². The van der Waals surface area contributed by atoms with E-state index >= 15 is 0 Å². The van der Waals surface area contributed by atoms with E-state index in [-0.39, 0.29) is 5.91 Å². The lowest BCUT2D eigenvalue weighted by atomic mass is 10.2. The Hall–Kier alpha value is -1.35. The van der Waals surface area contributed by atoms with Gasteiger partial charge in [0, 0.05) is 31.7 Å². The summed E-state index contributed by atoms with van der Waals surface area (Å²) in [6.45, 7) is 2.83. The summed E-state index contributed by atoms with van der Waals surface area (Å²) in [5.41, 5.74) is 2.15. The quantitative estimate of drug-likeness (QED) is 0.843. The number of nitrogens with one attached hydrogen (secondary N) is 1. The SMILES string of the molecule is Cc1cccc(N(C)C(=O)CCNC2CC2)c1. The zero-order chi connectivity index (χ0) is 12.3. The van der Waals surface area contributed by atoms with E-state index in [1.54, 1.807) is 4.90 Å². The van der Waals surface area contributed by atoms with E-state index in [0.717, 1.165) is 12.2 Å². The molecule has 1 aliphatic carbocycles. The minimum absolute atomic E-state index is 0.170. The first kappa shape index (κ1) is 12.1. The third kappa shape index (κ3) is 3.56. The third-order valence-electron chi connectivity index (χ3n) is 3.11. The van der Waals surface area contributed by atoms with E-state index in [2.05, 4.69) is 5.32 Å². The maximum atomic E-state index is 11.9. The Balaban J connectivity index is 1.84. The molecule has 92 valence electrons. The van der Waals surface area contributed by atoms with Crippen LogP contribution < -0.4 is 10.2 Å². The molecule has 0 aliphatic heterocycles. The van der Waals surface area contributed by atoms with Crippen LogP contribution >= 0.6 is 0 Å². The Labute approximate surface area is 103 Å². The number of carbonyl (C=O) groups excluding carboxylic acids is 1. The summed E-state index contributed by atoms with van der Waals surface area (Å²) in [6, 6.07) is 8.70. The molecule has 0 unspecified atom stereocenters. The highest BCUT2D eigenvalue weighted by Crippen LogP contribution is 2.18. The van der Waals surface area contributed by atoms with E-state index in [1.807, 2.05) is 38.2 Å². The monoisotopic (exact) mass is 232 g/mol. The summed E-state index contributed by atoms with van der Waals surface area (Å²) in [5, 5.41) is 3.36. The largest absolute Gasteiger partial charge is 0.315 e. The van der Waals surface area contributed by atoms with Crippen LogP contribution in [0.5, 0.6) is 0 Å². The van der Waals surface area contributed by atoms with Crippen LogP contribution in [0.15, 0.2) is 24.3 Å². The predicted octanol–water partition coefficient (Wildman–Crippen LogP) is 2.10. The smallest absolute Gasteiger partial charge is 0.227 e. The van der Waals surface area contributed by atoms with E-state index in [4.69, 9.17) is 0 Å². The molecule has 0 heterocycles. The van der Waals surface area contributed by atoms with Gasteiger partial charge in [0.2, 0.25) is 5.91 Å². The molecule has 0 bridgehead atoms. The number of carbonyl (C=O) groups is 1. The first-order valence-electron chi connectivity index (χ1n) is 6.23. The summed E-state index contributed by atoms with van der Waals surface area (Å²) in [7, 11) is 1.84. The summed E-state index contributed by atoms with van der Waals surface area (Å²) in [6.07, 6.45) is 3.10. The zero-order valence-corrected chi connectivity index (χ0v) is 10.6. The fourth-order valence-electron chi connectivity index (χ4n) is 1.82. The van der Waals surface area contributed by atoms with Crippen LogP contribution in [-0.4, -0.2) is 25.5 Å². The van der Waals surface area contributed by atoms with E-state index in [0.29, 0.717) is 12.5 Å². The van der Waals surface area contributed by atoms with Crippen molar-refractivity contribution >= 4 is 11.6 Å². The number of hydrogen-bond acceptors (Lipinski definition) is 2. The van der Waals surface area contributed by atoms with Gasteiger partial charge in [-0.2, -0.15) is 0 Å². The van der Waals surface area contributed by atoms with Crippen molar-refractivity contribution in [3.8, 4) is 0 Å². The molecule has 1 N–H and O–H groups in total. The Morgan fingerprint density at radius 3 is 2.88 bits per heavy atom. The first-order chi connectivity index (χ1) is 8.16. The molecule has 1 aliphatic rings. The maximum absolute atomic E-state index is 11.9. The van der Waals surface area contributed by atoms with Crippen molar-refractivity contribution in [2.75, 3.05) is 18.5 Å². The van der Waals surface area contributed by atoms with Crippen LogP contribution in [0.3, 0.4) is 0 Å². The molecule has 1 saturated carbocycles. The second-order valence-corrected chi connectivity index (χ2v) is 4.77. The molecule has 17 heavy (non-hydrogen) atoms. The molecule has 1 aromatic carbocycles. The standard InChI is InChI=1S/C14H20N2O/c1-11-4-3-5-13(10-11)16(2)14(17)8-9-15-12-6-7-12/h3-5,10,12,15H,6-9H2,1-2H3. The Morgan fingerprint density at radius 1 is 1.47 bits per heavy atom. The minimum atomic E-state index is 0.170. The number of nitrogens with zero attached hydrogens (tertiary/aromatic N) is 1. The number of aryl methyl sites for hydroxylation is 1. The molecular formula is C14H20N2O. The van der Waals surface area contributed by atoms with Gasteiger partial charge in [0.25, 0.3) is 0 Å². The normalized spacial score (nSPS) is 14.7. The molecule has 1 fully saturated rings. The lowest BCUT2D eigenvalue weighted by molar-refractivity contribution is -0.118. The number of benzene rings is 1. The highest BCUT2D eigenvalue weighted by molar-refractivity contribution is 5.92. The number of anilines is 1. The van der Waals surface area contributed by atoms with Crippen LogP contribution in [0.25, 0.3) is 0 Å². The zero-order valence-electron chi connectivity index (χ0n) is 10.6. The van der Waals surface area contributed by atoms with Gasteiger partial charge in [0.05, 0.1) is 0 Å². The average molecular weight is 232 g/mol. The van der Waals surface area contributed by atoms with Gasteiger partial charge in [-0.05, 0) is 37.5 Å². The van der Waals surface area contributed by atoms with E-state index in [9.17, 15) is 4.79 Å². The molecule has 0 spiro atoms. The molecule has 3 nitrogen and oxygen atoms in total. The average Bonchev–Trinajstić information content (AvgIpc) is 3.12. The van der Waals surface area contributed by atoms with Crippen LogP contribution in [0.1, 0.15) is 24.8 Å². The molecule has 0 radical (unpaired) electrons. The first-order valence-corrected chi connectivity index (χ1v) is 6.23. The fraction of sp³-hybridized carbons (Fsp3) is 0.500. The molecule has 0 atom stereocenters. The molecule has 1 aromatic rings. The van der Waals surface area contributed by atoms with Crippen LogP contribution in [0.2, 0.25) is 0 Å². The van der Waals surface area contributed by atoms with Crippen LogP contribution in [-0.2, 0) is 4.79 Å². The van der Waals surface area contributed by atoms with Crippen molar-refractivity contribution in [3.63, 3.8) is 0 Å². The van der Waals surface area contributed by atoms with Crippen molar-refractivity contribution in [3.05, 3.63) is 29.8 Å². The summed E-state index contributed by atoms with van der Waals surface area (Å²) < 4.78 is 0. The summed E-state index contributed by atoms with van der Waals surface area (Å²) in [5.74, 6) is 0.170. The minimum Gasteiger partial charge on any atom is -0.315 e. The van der Waals surface area contributed by atoms with E-state index < -0.39 is 0 Å². The predicted molar refractivity (Wildman–Crippen MR) is 70.2 cm³/mol. The number of hydrogen-bond donors (Lipinski definition) is 1. The molecule has 1 amide bonds. The van der Waals surface area contributed by atoms with Gasteiger partial charge >= 0.3 is 0 Å². The van der Waals surface area contributed by atoms with Crippen molar-refractivity contribution in [1.29, 1.82) is 0 Å². The Kier molecular flexibility index (Phi) is 3.79. The lowest BCUT2D eigenvalue weighted by Gasteiger charge is -2.18. The van der Waals surface area contributed by atoms with Gasteiger partial charge in [-0.15, -0.1) is 0 Å². The Morgan fingerprint density at radius 2 is 2.24 bits per heavy atom. The molecule has 2 rings (SSSR count).